The molecular weight excluding hydrogens is 380 g/mol. The maximum Gasteiger partial charge on any atom is 0.227 e. The van der Waals surface area contributed by atoms with E-state index in [1.807, 2.05) is 12.3 Å². The van der Waals surface area contributed by atoms with Crippen LogP contribution in [0.15, 0.2) is 24.4 Å². The standard InChI is InChI=1S/C23H30N4O3/c1-15-8-10-27(11-9-15)23-24-14-17-12-16(4-6-19(17)26-23)22(28)25-20-7-5-18(29-2)13-21(20)30-3/h5,7,13-16H,4,6,8-12H2,1-3H3,(H,25,28)/t16-/m1/s1. The van der Waals surface area contributed by atoms with Gasteiger partial charge in [-0.3, -0.25) is 4.79 Å². The number of anilines is 2. The molecule has 1 aromatic heterocycles. The minimum atomic E-state index is -0.102. The van der Waals surface area contributed by atoms with Crippen LogP contribution in [0.2, 0.25) is 0 Å². The van der Waals surface area contributed by atoms with Gasteiger partial charge in [-0.05, 0) is 55.7 Å². The molecule has 1 saturated heterocycles. The third-order valence-electron chi connectivity index (χ3n) is 6.24. The second-order valence-electron chi connectivity index (χ2n) is 8.31. The number of hydrogen-bond donors (Lipinski definition) is 1. The molecule has 7 heteroatoms. The van der Waals surface area contributed by atoms with Gasteiger partial charge in [-0.25, -0.2) is 9.97 Å². The maximum atomic E-state index is 12.9. The van der Waals surface area contributed by atoms with Gasteiger partial charge in [0.15, 0.2) is 0 Å². The first-order chi connectivity index (χ1) is 14.6. The van der Waals surface area contributed by atoms with E-state index in [1.54, 1.807) is 26.4 Å². The van der Waals surface area contributed by atoms with Crippen molar-refractivity contribution in [3.8, 4) is 11.5 Å². The second-order valence-corrected chi connectivity index (χ2v) is 8.31. The van der Waals surface area contributed by atoms with Gasteiger partial charge in [0, 0.05) is 37.0 Å². The van der Waals surface area contributed by atoms with E-state index in [0.29, 0.717) is 23.6 Å². The molecule has 2 aliphatic rings. The number of carbonyl (C=O) groups excluding carboxylic acids is 1. The normalized spacial score (nSPS) is 19.2. The molecule has 1 aromatic carbocycles. The lowest BCUT2D eigenvalue weighted by Gasteiger charge is -2.31. The van der Waals surface area contributed by atoms with Crippen LogP contribution in [-0.2, 0) is 17.6 Å². The van der Waals surface area contributed by atoms with Gasteiger partial charge in [-0.1, -0.05) is 6.92 Å². The van der Waals surface area contributed by atoms with Crippen molar-refractivity contribution in [1.29, 1.82) is 0 Å². The van der Waals surface area contributed by atoms with Crippen molar-refractivity contribution in [3.05, 3.63) is 35.7 Å². The van der Waals surface area contributed by atoms with Crippen molar-refractivity contribution < 1.29 is 14.3 Å². The molecule has 1 amide bonds. The number of benzene rings is 1. The highest BCUT2D eigenvalue weighted by Crippen LogP contribution is 2.31. The average molecular weight is 411 g/mol. The van der Waals surface area contributed by atoms with E-state index >= 15 is 0 Å². The molecule has 1 aliphatic heterocycles. The zero-order valence-corrected chi connectivity index (χ0v) is 18.0. The fourth-order valence-electron chi connectivity index (χ4n) is 4.22. The van der Waals surface area contributed by atoms with Crippen molar-refractivity contribution in [1.82, 2.24) is 9.97 Å². The summed E-state index contributed by atoms with van der Waals surface area (Å²) in [5.74, 6) is 2.79. The predicted molar refractivity (Wildman–Crippen MR) is 116 cm³/mol. The molecule has 2 aromatic rings. The number of aromatic nitrogens is 2. The van der Waals surface area contributed by atoms with Crippen LogP contribution in [0.1, 0.15) is 37.4 Å². The summed E-state index contributed by atoms with van der Waals surface area (Å²) in [6.45, 7) is 4.35. The van der Waals surface area contributed by atoms with Crippen molar-refractivity contribution in [3.63, 3.8) is 0 Å². The molecule has 0 unspecified atom stereocenters. The first-order valence-corrected chi connectivity index (χ1v) is 10.7. The highest BCUT2D eigenvalue weighted by atomic mass is 16.5. The van der Waals surface area contributed by atoms with Gasteiger partial charge >= 0.3 is 0 Å². The summed E-state index contributed by atoms with van der Waals surface area (Å²) in [5.41, 5.74) is 2.82. The molecule has 2 heterocycles. The van der Waals surface area contributed by atoms with Crippen LogP contribution < -0.4 is 19.7 Å². The third-order valence-corrected chi connectivity index (χ3v) is 6.24. The highest BCUT2D eigenvalue weighted by molar-refractivity contribution is 5.94. The van der Waals surface area contributed by atoms with Crippen LogP contribution in [0, 0.1) is 11.8 Å². The van der Waals surface area contributed by atoms with Gasteiger partial charge in [0.1, 0.15) is 11.5 Å². The molecule has 0 bridgehead atoms. The van der Waals surface area contributed by atoms with Gasteiger partial charge in [-0.2, -0.15) is 0 Å². The van der Waals surface area contributed by atoms with E-state index < -0.39 is 0 Å². The van der Waals surface area contributed by atoms with Gasteiger partial charge in [0.05, 0.1) is 19.9 Å². The number of rotatable bonds is 5. The zero-order chi connectivity index (χ0) is 21.1. The minimum absolute atomic E-state index is 0.00166. The Morgan fingerprint density at radius 2 is 1.97 bits per heavy atom. The lowest BCUT2D eigenvalue weighted by molar-refractivity contribution is -0.120. The molecule has 4 rings (SSSR count). The summed E-state index contributed by atoms with van der Waals surface area (Å²) in [6.07, 6.45) is 6.55. The molecule has 30 heavy (non-hydrogen) atoms. The summed E-state index contributed by atoms with van der Waals surface area (Å²) >= 11 is 0. The van der Waals surface area contributed by atoms with E-state index in [2.05, 4.69) is 22.1 Å². The molecule has 0 saturated carbocycles. The lowest BCUT2D eigenvalue weighted by atomic mass is 9.86. The van der Waals surface area contributed by atoms with Gasteiger partial charge < -0.3 is 19.7 Å². The molecule has 0 spiro atoms. The first kappa shape index (κ1) is 20.4. The average Bonchev–Trinajstić information content (AvgIpc) is 2.79. The minimum Gasteiger partial charge on any atom is -0.497 e. The molecule has 7 nitrogen and oxygen atoms in total. The monoisotopic (exact) mass is 410 g/mol. The van der Waals surface area contributed by atoms with Gasteiger partial charge in [0.25, 0.3) is 0 Å². The summed E-state index contributed by atoms with van der Waals surface area (Å²) in [5, 5.41) is 3.01. The molecule has 160 valence electrons. The molecule has 1 fully saturated rings. The van der Waals surface area contributed by atoms with E-state index in [4.69, 9.17) is 14.5 Å². The molecule has 1 atom stereocenters. The highest BCUT2D eigenvalue weighted by Gasteiger charge is 2.28. The quantitative estimate of drug-likeness (QED) is 0.813. The Balaban J connectivity index is 1.42. The van der Waals surface area contributed by atoms with Crippen molar-refractivity contribution in [2.75, 3.05) is 37.5 Å². The lowest BCUT2D eigenvalue weighted by Crippen LogP contribution is -2.35. The Kier molecular flexibility index (Phi) is 6.06. The number of amides is 1. The summed E-state index contributed by atoms with van der Waals surface area (Å²) in [6, 6.07) is 5.38. The molecule has 1 N–H and O–H groups in total. The number of aryl methyl sites for hydroxylation is 1. The van der Waals surface area contributed by atoms with E-state index in [1.165, 1.54) is 12.8 Å². The van der Waals surface area contributed by atoms with E-state index in [9.17, 15) is 4.79 Å². The Hall–Kier alpha value is -2.83. The number of ether oxygens (including phenoxy) is 2. The molecule has 0 radical (unpaired) electrons. The number of nitrogens with zero attached hydrogens (tertiary/aromatic N) is 3. The Labute approximate surface area is 177 Å². The topological polar surface area (TPSA) is 76.6 Å². The fraction of sp³-hybridized carbons (Fsp3) is 0.522. The number of hydrogen-bond acceptors (Lipinski definition) is 6. The second kappa shape index (κ2) is 8.90. The van der Waals surface area contributed by atoms with Crippen LogP contribution in [0.5, 0.6) is 11.5 Å². The third kappa shape index (κ3) is 4.35. The Bertz CT molecular complexity index is 909. The Morgan fingerprint density at radius 3 is 2.70 bits per heavy atom. The van der Waals surface area contributed by atoms with Crippen LogP contribution in [-0.4, -0.2) is 43.2 Å². The van der Waals surface area contributed by atoms with Crippen LogP contribution in [0.3, 0.4) is 0 Å². The Morgan fingerprint density at radius 1 is 1.17 bits per heavy atom. The molecular formula is C23H30N4O3. The van der Waals surface area contributed by atoms with Crippen LogP contribution >= 0.6 is 0 Å². The summed E-state index contributed by atoms with van der Waals surface area (Å²) < 4.78 is 10.6. The first-order valence-electron chi connectivity index (χ1n) is 10.7. The fourth-order valence-corrected chi connectivity index (χ4v) is 4.22. The maximum absolute atomic E-state index is 12.9. The number of nitrogens with one attached hydrogen (secondary N) is 1. The molecule has 1 aliphatic carbocycles. The van der Waals surface area contributed by atoms with E-state index in [0.717, 1.165) is 49.1 Å². The zero-order valence-electron chi connectivity index (χ0n) is 18.0. The van der Waals surface area contributed by atoms with Gasteiger partial charge in [0.2, 0.25) is 11.9 Å². The van der Waals surface area contributed by atoms with Crippen LogP contribution in [0.25, 0.3) is 0 Å². The van der Waals surface area contributed by atoms with E-state index in [-0.39, 0.29) is 11.8 Å². The summed E-state index contributed by atoms with van der Waals surface area (Å²) in [4.78, 5) is 24.6. The van der Waals surface area contributed by atoms with Crippen LogP contribution in [0.4, 0.5) is 11.6 Å². The largest absolute Gasteiger partial charge is 0.497 e. The number of methoxy groups -OCH3 is 2. The van der Waals surface area contributed by atoms with Crippen molar-refractivity contribution in [2.24, 2.45) is 11.8 Å². The SMILES string of the molecule is COc1ccc(NC(=O)[C@@H]2CCc3nc(N4CCC(C)CC4)ncc3C2)c(OC)c1. The smallest absolute Gasteiger partial charge is 0.227 e. The number of fused-ring (bicyclic) bond motifs is 1. The number of piperidine rings is 1. The van der Waals surface area contributed by atoms with Crippen molar-refractivity contribution in [2.45, 2.75) is 39.0 Å². The predicted octanol–water partition coefficient (Wildman–Crippen LogP) is 3.47. The van der Waals surface area contributed by atoms with Gasteiger partial charge in [-0.15, -0.1) is 0 Å². The summed E-state index contributed by atoms with van der Waals surface area (Å²) in [7, 11) is 3.19. The van der Waals surface area contributed by atoms with Crippen molar-refractivity contribution >= 4 is 17.5 Å². The number of carbonyl (C=O) groups is 1.